The first-order valence-electron chi connectivity index (χ1n) is 3.45. The van der Waals surface area contributed by atoms with Crippen LogP contribution >= 0.6 is 0 Å². The zero-order valence-corrected chi connectivity index (χ0v) is 9.38. The summed E-state index contributed by atoms with van der Waals surface area (Å²) in [7, 11) is 0. The first kappa shape index (κ1) is 15.5. The van der Waals surface area contributed by atoms with E-state index in [0.29, 0.717) is 0 Å². The molecule has 2 rings (SSSR count). The maximum atomic E-state index is 4.75. The van der Waals surface area contributed by atoms with Gasteiger partial charge in [-0.2, -0.15) is 18.2 Å². The Morgan fingerprint density at radius 2 is 1.38 bits per heavy atom. The van der Waals surface area contributed by atoms with Crippen molar-refractivity contribution < 1.29 is 35.9 Å². The van der Waals surface area contributed by atoms with Crippen LogP contribution in [-0.2, 0) is 29.7 Å². The summed E-state index contributed by atoms with van der Waals surface area (Å²) >= 11 is 4.75. The molecule has 2 aromatic rings. The summed E-state index contributed by atoms with van der Waals surface area (Å²) in [5.74, 6) is 0. The molecule has 0 unspecified atom stereocenters. The molecule has 0 aliphatic carbocycles. The Labute approximate surface area is 108 Å². The minimum absolute atomic E-state index is 0. The first-order valence-corrected chi connectivity index (χ1v) is 3.86. The maximum absolute atomic E-state index is 4.75. The van der Waals surface area contributed by atoms with Crippen molar-refractivity contribution in [2.75, 3.05) is 0 Å². The van der Waals surface area contributed by atoms with Gasteiger partial charge in [-0.05, 0) is 0 Å². The van der Waals surface area contributed by atoms with Crippen LogP contribution in [0, 0.1) is 0 Å². The fourth-order valence-corrected chi connectivity index (χ4v) is 0.834. The van der Waals surface area contributed by atoms with E-state index in [1.165, 1.54) is 0 Å². The monoisotopic (exact) mass is 224 g/mol. The van der Waals surface area contributed by atoms with Crippen molar-refractivity contribution in [1.82, 2.24) is 0 Å². The van der Waals surface area contributed by atoms with Crippen molar-refractivity contribution in [3.63, 3.8) is 0 Å². The summed E-state index contributed by atoms with van der Waals surface area (Å²) in [4.78, 5) is 0.926. The second-order valence-corrected chi connectivity index (χ2v) is 2.55. The smallest absolute Gasteiger partial charge is 0.859 e. The van der Waals surface area contributed by atoms with Crippen molar-refractivity contribution in [3.05, 3.63) is 54.6 Å². The summed E-state index contributed by atoms with van der Waals surface area (Å²) in [6.07, 6.45) is 0. The fourth-order valence-electron chi connectivity index (χ4n) is 0.677. The Bertz CT molecular complexity index is 233. The molecule has 0 aromatic heterocycles. The molecule has 13 heavy (non-hydrogen) atoms. The molecule has 0 radical (unpaired) electrons. The molecule has 0 amide bonds. The minimum Gasteiger partial charge on any atom is -0.859 e. The molecule has 0 heterocycles. The van der Waals surface area contributed by atoms with Crippen molar-refractivity contribution in [2.24, 2.45) is 0 Å². The van der Waals surface area contributed by atoms with Crippen LogP contribution in [0.5, 0.6) is 0 Å². The van der Waals surface area contributed by atoms with Gasteiger partial charge >= 0.3 is 35.9 Å². The van der Waals surface area contributed by atoms with E-state index in [2.05, 4.69) is 0 Å². The average Bonchev–Trinajstić information content (AvgIpc) is 2.57. The predicted octanol–water partition coefficient (Wildman–Crippen LogP) is -0.282. The van der Waals surface area contributed by atoms with Crippen LogP contribution in [0.15, 0.2) is 59.5 Å². The van der Waals surface area contributed by atoms with Gasteiger partial charge in [-0.25, -0.2) is 36.4 Å². The molecule has 0 saturated heterocycles. The van der Waals surface area contributed by atoms with Crippen LogP contribution in [-0.4, -0.2) is 0 Å². The summed E-state index contributed by atoms with van der Waals surface area (Å²) < 4.78 is 0. The van der Waals surface area contributed by atoms with E-state index in [9.17, 15) is 0 Å². The normalized spacial score (nSPS) is 7.08. The van der Waals surface area contributed by atoms with Gasteiger partial charge in [-0.1, -0.05) is 0 Å². The van der Waals surface area contributed by atoms with Gasteiger partial charge in [0.25, 0.3) is 0 Å². The quantitative estimate of drug-likeness (QED) is 0.337. The van der Waals surface area contributed by atoms with Gasteiger partial charge in [0.1, 0.15) is 0 Å². The molecule has 0 bridgehead atoms. The van der Waals surface area contributed by atoms with Gasteiger partial charge in [-0.15, -0.1) is 0 Å². The third-order valence-electron chi connectivity index (χ3n) is 1.19. The van der Waals surface area contributed by atoms with Gasteiger partial charge in [0, 0.05) is 0 Å². The van der Waals surface area contributed by atoms with E-state index < -0.39 is 0 Å². The number of hydrogen-bond acceptors (Lipinski definition) is 1. The maximum Gasteiger partial charge on any atom is 2.00 e. The Morgan fingerprint density at radius 1 is 0.923 bits per heavy atom. The zero-order chi connectivity index (χ0) is 7.94. The molecule has 0 nitrogen and oxygen atoms in total. The van der Waals surface area contributed by atoms with Crippen molar-refractivity contribution in [1.29, 1.82) is 0 Å². The Balaban J connectivity index is 0. The summed E-state index contributed by atoms with van der Waals surface area (Å²) in [6.45, 7) is 0. The van der Waals surface area contributed by atoms with Crippen LogP contribution in [0.25, 0.3) is 0 Å². The van der Waals surface area contributed by atoms with E-state index in [0.717, 1.165) is 4.90 Å². The number of rotatable bonds is 0. The molecule has 0 saturated carbocycles. The molecule has 2 aromatic carbocycles. The van der Waals surface area contributed by atoms with Gasteiger partial charge in [-0.3, -0.25) is 4.90 Å². The molecule has 0 aliphatic heterocycles. The fraction of sp³-hybridized carbons (Fsp3) is 0. The van der Waals surface area contributed by atoms with Crippen LogP contribution < -0.4 is 18.9 Å². The largest absolute Gasteiger partial charge is 2.00 e. The molecule has 64 valence electrons. The summed E-state index contributed by atoms with van der Waals surface area (Å²) in [5, 5.41) is 0. The molecular weight excluding hydrogens is 215 g/mol. The molecule has 3 heteroatoms. The predicted molar refractivity (Wildman–Crippen MR) is 49.7 cm³/mol. The summed E-state index contributed by atoms with van der Waals surface area (Å²) in [5.41, 5.74) is 0. The van der Waals surface area contributed by atoms with Crippen molar-refractivity contribution in [2.45, 2.75) is 4.90 Å². The van der Waals surface area contributed by atoms with E-state index in [1.54, 1.807) is 0 Å². The Morgan fingerprint density at radius 3 is 1.54 bits per heavy atom. The van der Waals surface area contributed by atoms with Gasteiger partial charge in [0.2, 0.25) is 0 Å². The minimum atomic E-state index is 0. The molecule has 0 N–H and O–H groups in total. The topological polar surface area (TPSA) is 0 Å². The Kier molecular flexibility index (Phi) is 12.1. The van der Waals surface area contributed by atoms with Gasteiger partial charge in [0.05, 0.1) is 0 Å². The zero-order valence-electron chi connectivity index (χ0n) is 7.46. The Hall–Kier alpha value is 0.0369. The van der Waals surface area contributed by atoms with Crippen LogP contribution in [0.1, 0.15) is 0 Å². The second kappa shape index (κ2) is 10.1. The van der Waals surface area contributed by atoms with Crippen molar-refractivity contribution in [3.8, 4) is 0 Å². The van der Waals surface area contributed by atoms with Crippen LogP contribution in [0.3, 0.4) is 0 Å². The second-order valence-electron chi connectivity index (χ2n) is 2.08. The summed E-state index contributed by atoms with van der Waals surface area (Å²) in [6, 6.07) is 17.7. The molecule has 0 fully saturated rings. The third kappa shape index (κ3) is 8.37. The van der Waals surface area contributed by atoms with E-state index in [4.69, 9.17) is 12.6 Å². The molecule has 0 aliphatic rings. The molecular formula is C10H9FeLiS. The number of hydrogen-bond donors (Lipinski definition) is 0. The third-order valence-corrected chi connectivity index (χ3v) is 1.46. The standard InChI is InChI=1S/C5H4S.C5H5.Fe.Li/c6-5-3-1-2-4-5;1-2-4-5-3-1;;/h1-4H;1-5H;;/q-2;-1;+2;+1. The van der Waals surface area contributed by atoms with Gasteiger partial charge < -0.3 is 12.6 Å². The SMILES string of the molecule is [Fe+2].[Li+].[S-][c-]1cccc1.c1cc[cH-]c1. The van der Waals surface area contributed by atoms with E-state index >= 15 is 0 Å². The molecule has 0 spiro atoms. The first-order chi connectivity index (χ1) is 5.39. The van der Waals surface area contributed by atoms with Crippen LogP contribution in [0.4, 0.5) is 0 Å². The van der Waals surface area contributed by atoms with Gasteiger partial charge in [0.15, 0.2) is 0 Å². The van der Waals surface area contributed by atoms with Crippen molar-refractivity contribution >= 4 is 12.6 Å². The van der Waals surface area contributed by atoms with E-state index in [1.807, 2.05) is 54.6 Å². The molecule has 0 atom stereocenters. The average molecular weight is 224 g/mol. The van der Waals surface area contributed by atoms with Crippen LogP contribution in [0.2, 0.25) is 0 Å². The van der Waals surface area contributed by atoms with E-state index in [-0.39, 0.29) is 35.9 Å².